The Morgan fingerprint density at radius 1 is 1.06 bits per heavy atom. The fourth-order valence-electron chi connectivity index (χ4n) is 2.03. The van der Waals surface area contributed by atoms with Gasteiger partial charge in [0.1, 0.15) is 0 Å². The van der Waals surface area contributed by atoms with Gasteiger partial charge in [0.15, 0.2) is 0 Å². The van der Waals surface area contributed by atoms with Crippen LogP contribution in [-0.2, 0) is 13.3 Å². The molecule has 0 unspecified atom stereocenters. The maximum Gasteiger partial charge on any atom is 0.500 e. The number of hydrogen-bond donors (Lipinski definition) is 0. The van der Waals surface area contributed by atoms with E-state index < -0.39 is 8.80 Å². The molecule has 0 saturated heterocycles. The fourth-order valence-corrected chi connectivity index (χ4v) is 3.73. The van der Waals surface area contributed by atoms with Crippen LogP contribution in [0.1, 0.15) is 32.1 Å². The summed E-state index contributed by atoms with van der Waals surface area (Å²) in [6.45, 7) is 0.875. The van der Waals surface area contributed by atoms with Gasteiger partial charge in [-0.2, -0.15) is 0 Å². The van der Waals surface area contributed by atoms with Crippen LogP contribution in [0.5, 0.6) is 0 Å². The van der Waals surface area contributed by atoms with Gasteiger partial charge >= 0.3 is 8.80 Å². The zero-order valence-electron chi connectivity index (χ0n) is 10.6. The minimum atomic E-state index is -2.36. The van der Waals surface area contributed by atoms with Gasteiger partial charge in [-0.25, -0.2) is 0 Å². The van der Waals surface area contributed by atoms with E-state index >= 15 is 0 Å². The van der Waals surface area contributed by atoms with Crippen molar-refractivity contribution in [3.05, 3.63) is 0 Å². The van der Waals surface area contributed by atoms with Crippen LogP contribution in [0, 0.1) is 0 Å². The van der Waals surface area contributed by atoms with E-state index in [0.29, 0.717) is 0 Å². The van der Waals surface area contributed by atoms with Crippen LogP contribution in [0.2, 0.25) is 6.04 Å². The van der Waals surface area contributed by atoms with Crippen LogP contribution >= 0.6 is 0 Å². The number of nitrogens with zero attached hydrogens (tertiary/aromatic N) is 1. The summed E-state index contributed by atoms with van der Waals surface area (Å²) in [6, 6.07) is 0.841. The van der Waals surface area contributed by atoms with Crippen molar-refractivity contribution >= 4 is 14.5 Å². The average Bonchev–Trinajstić information content (AvgIpc) is 2.83. The molecule has 0 aliphatic heterocycles. The van der Waals surface area contributed by atoms with Crippen molar-refractivity contribution in [2.75, 3.05) is 27.9 Å². The molecule has 0 spiro atoms. The van der Waals surface area contributed by atoms with Crippen molar-refractivity contribution in [3.8, 4) is 0 Å². The van der Waals surface area contributed by atoms with E-state index in [2.05, 4.69) is 4.99 Å². The van der Waals surface area contributed by atoms with Crippen LogP contribution in [0.15, 0.2) is 4.99 Å². The van der Waals surface area contributed by atoms with Gasteiger partial charge in [-0.05, 0) is 32.1 Å². The van der Waals surface area contributed by atoms with Gasteiger partial charge in [0.05, 0.1) is 0 Å². The molecule has 0 heterocycles. The number of aliphatic imine (C=N–C) groups is 1. The number of hydrogen-bond acceptors (Lipinski definition) is 4. The van der Waals surface area contributed by atoms with Gasteiger partial charge in [-0.1, -0.05) is 0 Å². The normalized spacial score (nSPS) is 16.8. The molecule has 5 heteroatoms. The van der Waals surface area contributed by atoms with E-state index in [-0.39, 0.29) is 0 Å². The largest absolute Gasteiger partial charge is 0.500 e. The molecule has 1 fully saturated rings. The first kappa shape index (κ1) is 13.8. The summed E-state index contributed by atoms with van der Waals surface area (Å²) in [6.07, 6.45) is 5.99. The SMILES string of the molecule is CO[Si](CCCN=C1CCCC1)(OC)OC. The Bertz CT molecular complexity index is 213. The Labute approximate surface area is 99.4 Å². The molecule has 0 radical (unpaired) electrons. The second kappa shape index (κ2) is 7.16. The average molecular weight is 245 g/mol. The Morgan fingerprint density at radius 2 is 1.62 bits per heavy atom. The lowest BCUT2D eigenvalue weighted by Gasteiger charge is -2.23. The van der Waals surface area contributed by atoms with Crippen molar-refractivity contribution in [1.29, 1.82) is 0 Å². The van der Waals surface area contributed by atoms with E-state index in [4.69, 9.17) is 13.3 Å². The van der Waals surface area contributed by atoms with Crippen LogP contribution in [0.4, 0.5) is 0 Å². The highest BCUT2D eigenvalue weighted by Crippen LogP contribution is 2.17. The lowest BCUT2D eigenvalue weighted by molar-refractivity contribution is 0.123. The first-order valence-electron chi connectivity index (χ1n) is 5.94. The molecule has 0 amide bonds. The predicted molar refractivity (Wildman–Crippen MR) is 67.0 cm³/mol. The van der Waals surface area contributed by atoms with Crippen LogP contribution < -0.4 is 0 Å². The van der Waals surface area contributed by atoms with Crippen molar-refractivity contribution < 1.29 is 13.3 Å². The van der Waals surface area contributed by atoms with Gasteiger partial charge in [-0.3, -0.25) is 4.99 Å². The molecular weight excluding hydrogens is 222 g/mol. The monoisotopic (exact) mass is 245 g/mol. The summed E-state index contributed by atoms with van der Waals surface area (Å²) in [7, 11) is 2.60. The lowest BCUT2D eigenvalue weighted by atomic mass is 10.3. The quantitative estimate of drug-likeness (QED) is 0.510. The molecule has 1 saturated carbocycles. The smallest absolute Gasteiger partial charge is 0.377 e. The molecule has 16 heavy (non-hydrogen) atoms. The van der Waals surface area contributed by atoms with Crippen molar-refractivity contribution in [3.63, 3.8) is 0 Å². The highest BCUT2D eigenvalue weighted by atomic mass is 28.4. The molecule has 94 valence electrons. The first-order chi connectivity index (χ1) is 7.76. The van der Waals surface area contributed by atoms with E-state index in [1.54, 1.807) is 21.3 Å². The summed E-state index contributed by atoms with van der Waals surface area (Å²) in [5, 5.41) is 0. The molecule has 4 nitrogen and oxygen atoms in total. The van der Waals surface area contributed by atoms with Crippen molar-refractivity contribution in [2.24, 2.45) is 4.99 Å². The molecule has 0 aromatic heterocycles. The van der Waals surface area contributed by atoms with E-state index in [1.807, 2.05) is 0 Å². The Kier molecular flexibility index (Phi) is 6.19. The Hall–Kier alpha value is -0.233. The third-order valence-electron chi connectivity index (χ3n) is 3.09. The molecule has 1 aliphatic carbocycles. The van der Waals surface area contributed by atoms with Gasteiger partial charge in [0.25, 0.3) is 0 Å². The zero-order valence-corrected chi connectivity index (χ0v) is 11.6. The third-order valence-corrected chi connectivity index (χ3v) is 5.92. The van der Waals surface area contributed by atoms with E-state index in [1.165, 1.54) is 31.4 Å². The summed E-state index contributed by atoms with van der Waals surface area (Å²) < 4.78 is 16.1. The third kappa shape index (κ3) is 3.97. The maximum absolute atomic E-state index is 5.35. The fraction of sp³-hybridized carbons (Fsp3) is 0.909. The van der Waals surface area contributed by atoms with Crippen LogP contribution in [0.3, 0.4) is 0 Å². The van der Waals surface area contributed by atoms with E-state index in [0.717, 1.165) is 19.0 Å². The van der Waals surface area contributed by atoms with Gasteiger partial charge in [-0.15, -0.1) is 0 Å². The summed E-state index contributed by atoms with van der Waals surface area (Å²) in [5.41, 5.74) is 1.39. The maximum atomic E-state index is 5.35. The molecule has 0 atom stereocenters. The van der Waals surface area contributed by atoms with Gasteiger partial charge < -0.3 is 13.3 Å². The van der Waals surface area contributed by atoms with Gasteiger partial charge in [0.2, 0.25) is 0 Å². The highest BCUT2D eigenvalue weighted by Gasteiger charge is 2.36. The Morgan fingerprint density at radius 3 is 2.12 bits per heavy atom. The standard InChI is InChI=1S/C11H23NO3Si/c1-13-16(14-2,15-3)10-6-9-12-11-7-4-5-8-11/h4-10H2,1-3H3. The predicted octanol–water partition coefficient (Wildman–Crippen LogP) is 2.27. The molecule has 0 N–H and O–H groups in total. The topological polar surface area (TPSA) is 40.0 Å². The highest BCUT2D eigenvalue weighted by molar-refractivity contribution is 6.60. The second-order valence-corrected chi connectivity index (χ2v) is 7.14. The first-order valence-corrected chi connectivity index (χ1v) is 7.87. The molecule has 0 aromatic rings. The molecule has 1 aliphatic rings. The summed E-state index contributed by atoms with van der Waals surface area (Å²) in [5.74, 6) is 0. The van der Waals surface area contributed by atoms with Crippen molar-refractivity contribution in [1.82, 2.24) is 0 Å². The zero-order chi connectivity index (χ0) is 11.9. The summed E-state index contributed by atoms with van der Waals surface area (Å²) in [4.78, 5) is 4.60. The number of rotatable bonds is 7. The minimum absolute atomic E-state index is 0.841. The molecule has 1 rings (SSSR count). The molecular formula is C11H23NO3Si. The molecule has 0 bridgehead atoms. The van der Waals surface area contributed by atoms with E-state index in [9.17, 15) is 0 Å². The second-order valence-electron chi connectivity index (χ2n) is 4.05. The van der Waals surface area contributed by atoms with Crippen LogP contribution in [0.25, 0.3) is 0 Å². The summed E-state index contributed by atoms with van der Waals surface area (Å²) >= 11 is 0. The van der Waals surface area contributed by atoms with Gasteiger partial charge in [0, 0.05) is 39.6 Å². The van der Waals surface area contributed by atoms with Crippen molar-refractivity contribution in [2.45, 2.75) is 38.1 Å². The molecule has 0 aromatic carbocycles. The lowest BCUT2D eigenvalue weighted by Crippen LogP contribution is -2.42. The minimum Gasteiger partial charge on any atom is -0.377 e. The van der Waals surface area contributed by atoms with Crippen LogP contribution in [-0.4, -0.2) is 42.4 Å². The Balaban J connectivity index is 2.25.